The molecule has 2 fully saturated rings. The first-order valence-corrected chi connectivity index (χ1v) is 13.8. The van der Waals surface area contributed by atoms with E-state index in [1.807, 2.05) is 25.1 Å². The Balaban J connectivity index is 1.41. The molecule has 0 amide bonds. The molecule has 2 aliphatic rings. The summed E-state index contributed by atoms with van der Waals surface area (Å²) in [6, 6.07) is 12.8. The number of aromatic nitrogens is 2. The van der Waals surface area contributed by atoms with Crippen LogP contribution in [0, 0.1) is 22.7 Å². The second-order valence-electron chi connectivity index (χ2n) is 9.66. The Morgan fingerprint density at radius 3 is 2.49 bits per heavy atom. The maximum atomic E-state index is 11.4. The summed E-state index contributed by atoms with van der Waals surface area (Å²) in [6.07, 6.45) is 5.82. The third-order valence-electron chi connectivity index (χ3n) is 7.58. The molecule has 1 aromatic carbocycles. The van der Waals surface area contributed by atoms with E-state index in [0.717, 1.165) is 42.4 Å². The topological polar surface area (TPSA) is 109 Å². The summed E-state index contributed by atoms with van der Waals surface area (Å²) < 4.78 is 1.20. The van der Waals surface area contributed by atoms with Gasteiger partial charge >= 0.3 is 6.09 Å². The van der Waals surface area contributed by atoms with Crippen LogP contribution >= 0.6 is 11.8 Å². The highest BCUT2D eigenvalue weighted by molar-refractivity contribution is 7.98. The van der Waals surface area contributed by atoms with Crippen LogP contribution in [0.15, 0.2) is 35.5 Å². The van der Waals surface area contributed by atoms with E-state index in [2.05, 4.69) is 21.9 Å². The quantitative estimate of drug-likeness (QED) is 0.446. The number of fused-ring (bicyclic) bond motifs is 1. The summed E-state index contributed by atoms with van der Waals surface area (Å²) in [7, 11) is 0. The molecule has 1 N–H and O–H groups in total. The van der Waals surface area contributed by atoms with E-state index >= 15 is 0 Å². The number of piperidine rings is 1. The molecule has 0 atom stereocenters. The molecular formula is C28H30N6O2S. The van der Waals surface area contributed by atoms with E-state index in [-0.39, 0.29) is 0 Å². The number of carbonyl (C=O) groups is 1. The van der Waals surface area contributed by atoms with Crippen molar-refractivity contribution >= 4 is 34.6 Å². The number of carboxylic acid groups (broad SMARTS) is 1. The van der Waals surface area contributed by atoms with E-state index < -0.39 is 6.09 Å². The summed E-state index contributed by atoms with van der Waals surface area (Å²) in [5.74, 6) is 1.29. The zero-order valence-electron chi connectivity index (χ0n) is 21.0. The molecule has 0 spiro atoms. The average Bonchev–Trinajstić information content (AvgIpc) is 3.61. The Hall–Kier alpha value is -3.53. The maximum Gasteiger partial charge on any atom is 0.415 e. The molecule has 37 heavy (non-hydrogen) atoms. The van der Waals surface area contributed by atoms with Crippen molar-refractivity contribution in [1.29, 1.82) is 10.5 Å². The lowest BCUT2D eigenvalue weighted by Gasteiger charge is -2.37. The van der Waals surface area contributed by atoms with Crippen LogP contribution in [0.25, 0.3) is 10.9 Å². The molecule has 5 rings (SSSR count). The Bertz CT molecular complexity index is 1400. The van der Waals surface area contributed by atoms with Crippen LogP contribution < -0.4 is 4.90 Å². The van der Waals surface area contributed by atoms with Gasteiger partial charge in [0.2, 0.25) is 0 Å². The number of thioether (sulfide) groups is 1. The molecule has 0 bridgehead atoms. The van der Waals surface area contributed by atoms with Crippen LogP contribution in [0.4, 0.5) is 10.6 Å². The van der Waals surface area contributed by atoms with Gasteiger partial charge in [0.05, 0.1) is 16.6 Å². The molecule has 0 aliphatic carbocycles. The van der Waals surface area contributed by atoms with Gasteiger partial charge in [-0.2, -0.15) is 10.5 Å². The average molecular weight is 515 g/mol. The Morgan fingerprint density at radius 2 is 1.84 bits per heavy atom. The first-order chi connectivity index (χ1) is 18.0. The lowest BCUT2D eigenvalue weighted by molar-refractivity contribution is 0.197. The van der Waals surface area contributed by atoms with Crippen molar-refractivity contribution in [3.63, 3.8) is 0 Å². The molecule has 0 unspecified atom stereocenters. The van der Waals surface area contributed by atoms with Gasteiger partial charge in [-0.25, -0.2) is 9.78 Å². The molecule has 4 heterocycles. The summed E-state index contributed by atoms with van der Waals surface area (Å²) >= 11 is 1.49. The number of pyridine rings is 1. The molecule has 2 saturated heterocycles. The highest BCUT2D eigenvalue weighted by atomic mass is 32.2. The number of benzene rings is 1. The number of anilines is 1. The molecule has 0 radical (unpaired) electrons. The first-order valence-electron chi connectivity index (χ1n) is 12.9. The molecule has 3 aromatic rings. The number of hydrogen-bond acceptors (Lipinski definition) is 7. The fraction of sp³-hybridized carbons (Fsp3) is 0.429. The van der Waals surface area contributed by atoms with Crippen molar-refractivity contribution in [2.75, 3.05) is 31.1 Å². The number of nitrogens with zero attached hydrogens (tertiary/aromatic N) is 6. The minimum Gasteiger partial charge on any atom is -0.464 e. The molecule has 190 valence electrons. The zero-order valence-corrected chi connectivity index (χ0v) is 21.8. The van der Waals surface area contributed by atoms with Crippen LogP contribution in [0.3, 0.4) is 0 Å². The normalized spacial score (nSPS) is 16.7. The molecule has 9 heteroatoms. The highest BCUT2D eigenvalue weighted by Gasteiger charge is 2.29. The predicted molar refractivity (Wildman–Crippen MR) is 144 cm³/mol. The second-order valence-corrected chi connectivity index (χ2v) is 10.6. The minimum absolute atomic E-state index is 0.484. The number of hydrogen-bond donors (Lipinski definition) is 1. The van der Waals surface area contributed by atoms with Gasteiger partial charge in [-0.3, -0.25) is 4.57 Å². The van der Waals surface area contributed by atoms with Crippen molar-refractivity contribution in [3.05, 3.63) is 52.7 Å². The van der Waals surface area contributed by atoms with Gasteiger partial charge in [0.15, 0.2) is 0 Å². The van der Waals surface area contributed by atoms with Gasteiger partial charge < -0.3 is 14.9 Å². The van der Waals surface area contributed by atoms with Gasteiger partial charge in [0.1, 0.15) is 23.0 Å². The van der Waals surface area contributed by atoms with Gasteiger partial charge in [-0.05, 0) is 74.5 Å². The van der Waals surface area contributed by atoms with Gasteiger partial charge in [0.25, 0.3) is 0 Å². The SMILES string of the molecule is CCc1c(C#N)c(SCc2ccc3c(ccn3C(=O)O)c2)nc(N2CCC(N3CCCC3)CC2)c1C#N. The van der Waals surface area contributed by atoms with Crippen molar-refractivity contribution in [3.8, 4) is 12.1 Å². The Labute approximate surface area is 221 Å². The summed E-state index contributed by atoms with van der Waals surface area (Å²) in [5.41, 5.74) is 3.44. The van der Waals surface area contributed by atoms with Crippen molar-refractivity contribution in [2.24, 2.45) is 0 Å². The lowest BCUT2D eigenvalue weighted by atomic mass is 9.99. The number of rotatable bonds is 6. The van der Waals surface area contributed by atoms with Crippen molar-refractivity contribution in [2.45, 2.75) is 55.8 Å². The monoisotopic (exact) mass is 514 g/mol. The molecule has 2 aliphatic heterocycles. The fourth-order valence-electron chi connectivity index (χ4n) is 5.67. The van der Waals surface area contributed by atoms with Gasteiger partial charge in [-0.15, -0.1) is 11.8 Å². The predicted octanol–water partition coefficient (Wildman–Crippen LogP) is 5.23. The first kappa shape index (κ1) is 25.1. The van der Waals surface area contributed by atoms with Crippen LogP contribution in [0.1, 0.15) is 54.9 Å². The Morgan fingerprint density at radius 1 is 1.11 bits per heavy atom. The molecule has 8 nitrogen and oxygen atoms in total. The van der Waals surface area contributed by atoms with Crippen molar-refractivity contribution < 1.29 is 9.90 Å². The largest absolute Gasteiger partial charge is 0.464 e. The maximum absolute atomic E-state index is 11.4. The third-order valence-corrected chi connectivity index (χ3v) is 8.63. The highest BCUT2D eigenvalue weighted by Crippen LogP contribution is 2.35. The standard InChI is InChI=1S/C28H30N6O2S/c1-2-22-23(16-29)26(33-12-8-21(9-13-33)32-10-3-4-11-32)31-27(24(22)17-30)37-18-19-5-6-25-20(15-19)7-14-34(25)28(35)36/h5-7,14-15,21H,2-4,8-13,18H2,1H3,(H,35,36). The lowest BCUT2D eigenvalue weighted by Crippen LogP contribution is -2.44. The minimum atomic E-state index is -1.01. The molecular weight excluding hydrogens is 484 g/mol. The smallest absolute Gasteiger partial charge is 0.415 e. The molecule has 0 saturated carbocycles. The van der Waals surface area contributed by atoms with Crippen LogP contribution in [0.5, 0.6) is 0 Å². The summed E-state index contributed by atoms with van der Waals surface area (Å²) in [4.78, 5) is 21.2. The summed E-state index contributed by atoms with van der Waals surface area (Å²) in [5, 5.41) is 30.9. The van der Waals surface area contributed by atoms with Crippen LogP contribution in [-0.2, 0) is 12.2 Å². The summed E-state index contributed by atoms with van der Waals surface area (Å²) in [6.45, 7) is 6.09. The fourth-order valence-corrected chi connectivity index (χ4v) is 6.61. The van der Waals surface area contributed by atoms with E-state index in [1.165, 1.54) is 42.3 Å². The second kappa shape index (κ2) is 10.8. The van der Waals surface area contributed by atoms with Crippen molar-refractivity contribution in [1.82, 2.24) is 14.5 Å². The van der Waals surface area contributed by atoms with Gasteiger partial charge in [0, 0.05) is 36.5 Å². The van der Waals surface area contributed by atoms with E-state index in [0.29, 0.717) is 45.7 Å². The Kier molecular flexibility index (Phi) is 7.36. The van der Waals surface area contributed by atoms with Crippen LogP contribution in [-0.4, -0.2) is 57.9 Å². The third kappa shape index (κ3) is 4.90. The van der Waals surface area contributed by atoms with Crippen LogP contribution in [0.2, 0.25) is 0 Å². The zero-order chi connectivity index (χ0) is 25.9. The van der Waals surface area contributed by atoms with E-state index in [1.54, 1.807) is 12.3 Å². The van der Waals surface area contributed by atoms with Gasteiger partial charge in [-0.1, -0.05) is 13.0 Å². The molecule has 2 aromatic heterocycles. The number of likely N-dealkylation sites (tertiary alicyclic amines) is 1. The van der Waals surface area contributed by atoms with E-state index in [9.17, 15) is 20.4 Å². The number of nitriles is 2. The van der Waals surface area contributed by atoms with E-state index in [4.69, 9.17) is 4.98 Å².